The Morgan fingerprint density at radius 2 is 1.55 bits per heavy atom. The van der Waals surface area contributed by atoms with Crippen LogP contribution >= 0.6 is 46.4 Å². The molecule has 0 aliphatic heterocycles. The topological polar surface area (TPSA) is 84.8 Å². The highest BCUT2D eigenvalue weighted by atomic mass is 35.5. The van der Waals surface area contributed by atoms with Crippen molar-refractivity contribution in [2.75, 3.05) is 4.72 Å². The molecule has 2 aromatic rings. The van der Waals surface area contributed by atoms with Crippen LogP contribution in [0.1, 0.15) is 0 Å². The molecule has 0 aromatic carbocycles. The lowest BCUT2D eigenvalue weighted by atomic mass is 10.5. The second-order valence-electron chi connectivity index (χ2n) is 3.38. The van der Waals surface area contributed by atoms with Crippen LogP contribution < -0.4 is 4.72 Å². The standard InChI is InChI=1S/C9H4Cl4N4O2S/c10-5-1-4(2-14-7(5)11)20(18,19)17-6-8(12)15-3-16-9(6)13/h1-3,17H. The molecular weight excluding hydrogens is 370 g/mol. The van der Waals surface area contributed by atoms with Crippen molar-refractivity contribution in [1.82, 2.24) is 15.0 Å². The fraction of sp³-hybridized carbons (Fsp3) is 0. The Kier molecular flexibility index (Phi) is 4.55. The van der Waals surface area contributed by atoms with E-state index in [1.165, 1.54) is 0 Å². The average Bonchev–Trinajstić information content (AvgIpc) is 2.37. The van der Waals surface area contributed by atoms with E-state index < -0.39 is 10.0 Å². The van der Waals surface area contributed by atoms with Crippen LogP contribution in [0.3, 0.4) is 0 Å². The number of hydrogen-bond acceptors (Lipinski definition) is 5. The first-order chi connectivity index (χ1) is 9.31. The summed E-state index contributed by atoms with van der Waals surface area (Å²) in [7, 11) is -4.00. The van der Waals surface area contributed by atoms with E-state index in [1.54, 1.807) is 0 Å². The third-order valence-corrected chi connectivity index (χ3v) is 4.65. The van der Waals surface area contributed by atoms with E-state index >= 15 is 0 Å². The van der Waals surface area contributed by atoms with E-state index in [-0.39, 0.29) is 31.1 Å². The highest BCUT2D eigenvalue weighted by Gasteiger charge is 2.20. The zero-order valence-corrected chi connectivity index (χ0v) is 13.2. The van der Waals surface area contributed by atoms with Gasteiger partial charge in [0.05, 0.1) is 5.02 Å². The SMILES string of the molecule is O=S(=O)(Nc1c(Cl)ncnc1Cl)c1cnc(Cl)c(Cl)c1. The summed E-state index contributed by atoms with van der Waals surface area (Å²) in [6, 6.07) is 1.14. The summed E-state index contributed by atoms with van der Waals surface area (Å²) in [6.45, 7) is 0. The molecule has 0 saturated carbocycles. The molecule has 0 unspecified atom stereocenters. The molecule has 2 aromatic heterocycles. The summed E-state index contributed by atoms with van der Waals surface area (Å²) >= 11 is 22.9. The quantitative estimate of drug-likeness (QED) is 0.659. The third kappa shape index (κ3) is 3.24. The Bertz CT molecular complexity index is 748. The van der Waals surface area contributed by atoms with Crippen molar-refractivity contribution in [3.63, 3.8) is 0 Å². The number of halogens is 4. The number of rotatable bonds is 3. The lowest BCUT2D eigenvalue weighted by molar-refractivity contribution is 0.600. The van der Waals surface area contributed by atoms with Crippen molar-refractivity contribution >= 4 is 62.1 Å². The fourth-order valence-corrected chi connectivity index (χ4v) is 3.07. The van der Waals surface area contributed by atoms with E-state index in [9.17, 15) is 8.42 Å². The van der Waals surface area contributed by atoms with Gasteiger partial charge in [-0.3, -0.25) is 4.72 Å². The molecule has 0 radical (unpaired) electrons. The number of aromatic nitrogens is 3. The smallest absolute Gasteiger partial charge is 0.263 e. The number of nitrogens with one attached hydrogen (secondary N) is 1. The summed E-state index contributed by atoms with van der Waals surface area (Å²) in [5.74, 6) is 0. The molecule has 0 saturated heterocycles. The number of pyridine rings is 1. The Labute approximate surface area is 134 Å². The summed E-state index contributed by atoms with van der Waals surface area (Å²) in [4.78, 5) is 10.7. The Balaban J connectivity index is 2.43. The van der Waals surface area contributed by atoms with E-state index in [0.29, 0.717) is 0 Å². The van der Waals surface area contributed by atoms with Crippen LogP contribution in [0.25, 0.3) is 0 Å². The van der Waals surface area contributed by atoms with E-state index in [0.717, 1.165) is 18.6 Å². The first kappa shape index (κ1) is 15.5. The van der Waals surface area contributed by atoms with Gasteiger partial charge in [0, 0.05) is 6.20 Å². The molecule has 11 heteroatoms. The Morgan fingerprint density at radius 1 is 0.950 bits per heavy atom. The van der Waals surface area contributed by atoms with Crippen LogP contribution in [0.5, 0.6) is 0 Å². The van der Waals surface area contributed by atoms with Gasteiger partial charge in [0.2, 0.25) is 0 Å². The van der Waals surface area contributed by atoms with Gasteiger partial charge >= 0.3 is 0 Å². The molecule has 106 valence electrons. The van der Waals surface area contributed by atoms with Gasteiger partial charge in [0.1, 0.15) is 22.1 Å². The van der Waals surface area contributed by atoms with E-state index in [4.69, 9.17) is 46.4 Å². The molecular formula is C9H4Cl4N4O2S. The highest BCUT2D eigenvalue weighted by Crippen LogP contribution is 2.29. The maximum absolute atomic E-state index is 12.1. The Hall–Kier alpha value is -0.860. The predicted molar refractivity (Wildman–Crippen MR) is 77.1 cm³/mol. The normalized spacial score (nSPS) is 11.4. The second-order valence-corrected chi connectivity index (χ2v) is 6.54. The maximum atomic E-state index is 12.1. The minimum absolute atomic E-state index is 0.00366. The third-order valence-electron chi connectivity index (χ3n) is 2.07. The van der Waals surface area contributed by atoms with Crippen LogP contribution in [0, 0.1) is 0 Å². The van der Waals surface area contributed by atoms with Crippen molar-refractivity contribution in [3.05, 3.63) is 39.1 Å². The minimum atomic E-state index is -4.00. The molecule has 0 aliphatic carbocycles. The second kappa shape index (κ2) is 5.87. The predicted octanol–water partition coefficient (Wildman–Crippen LogP) is 3.29. The summed E-state index contributed by atoms with van der Waals surface area (Å²) < 4.78 is 26.4. The number of anilines is 1. The van der Waals surface area contributed by atoms with Crippen molar-refractivity contribution in [2.24, 2.45) is 0 Å². The van der Waals surface area contributed by atoms with Crippen LogP contribution in [0.15, 0.2) is 23.5 Å². The van der Waals surface area contributed by atoms with Gasteiger partial charge in [-0.15, -0.1) is 0 Å². The van der Waals surface area contributed by atoms with Gasteiger partial charge in [-0.2, -0.15) is 0 Å². The van der Waals surface area contributed by atoms with Gasteiger partial charge < -0.3 is 0 Å². The molecule has 0 fully saturated rings. The van der Waals surface area contributed by atoms with E-state index in [1.807, 2.05) is 0 Å². The van der Waals surface area contributed by atoms with Crippen LogP contribution in [0.4, 0.5) is 5.69 Å². The molecule has 0 atom stereocenters. The zero-order chi connectivity index (χ0) is 14.9. The molecule has 1 N–H and O–H groups in total. The van der Waals surface area contributed by atoms with E-state index in [2.05, 4.69) is 19.7 Å². The van der Waals surface area contributed by atoms with Crippen molar-refractivity contribution in [3.8, 4) is 0 Å². The molecule has 0 aliphatic rings. The molecule has 0 amide bonds. The molecule has 6 nitrogen and oxygen atoms in total. The highest BCUT2D eigenvalue weighted by molar-refractivity contribution is 7.92. The zero-order valence-electron chi connectivity index (χ0n) is 9.31. The largest absolute Gasteiger partial charge is 0.274 e. The number of sulfonamides is 1. The van der Waals surface area contributed by atoms with Gasteiger partial charge in [-0.05, 0) is 6.07 Å². The molecule has 0 spiro atoms. The number of nitrogens with zero attached hydrogens (tertiary/aromatic N) is 3. The molecule has 2 rings (SSSR count). The summed E-state index contributed by atoms with van der Waals surface area (Å²) in [5.41, 5.74) is -0.137. The number of hydrogen-bond donors (Lipinski definition) is 1. The first-order valence-electron chi connectivity index (χ1n) is 4.81. The van der Waals surface area contributed by atoms with Crippen LogP contribution in [-0.2, 0) is 10.0 Å². The van der Waals surface area contributed by atoms with Crippen molar-refractivity contribution in [1.29, 1.82) is 0 Å². The minimum Gasteiger partial charge on any atom is -0.274 e. The van der Waals surface area contributed by atoms with Crippen molar-refractivity contribution < 1.29 is 8.42 Å². The maximum Gasteiger partial charge on any atom is 0.263 e. The monoisotopic (exact) mass is 372 g/mol. The Morgan fingerprint density at radius 3 is 2.10 bits per heavy atom. The van der Waals surface area contributed by atoms with Gasteiger partial charge in [-0.25, -0.2) is 23.4 Å². The molecule has 20 heavy (non-hydrogen) atoms. The van der Waals surface area contributed by atoms with Crippen LogP contribution in [-0.4, -0.2) is 23.4 Å². The van der Waals surface area contributed by atoms with Gasteiger partial charge in [-0.1, -0.05) is 46.4 Å². The lowest BCUT2D eigenvalue weighted by Crippen LogP contribution is -2.14. The molecule has 2 heterocycles. The first-order valence-corrected chi connectivity index (χ1v) is 7.80. The average molecular weight is 374 g/mol. The van der Waals surface area contributed by atoms with Crippen molar-refractivity contribution in [2.45, 2.75) is 4.90 Å². The summed E-state index contributed by atoms with van der Waals surface area (Å²) in [6.07, 6.45) is 2.14. The van der Waals surface area contributed by atoms with Gasteiger partial charge in [0.15, 0.2) is 10.3 Å². The fourth-order valence-electron chi connectivity index (χ4n) is 1.17. The lowest BCUT2D eigenvalue weighted by Gasteiger charge is -2.10. The molecule has 0 bridgehead atoms. The van der Waals surface area contributed by atoms with Crippen LogP contribution in [0.2, 0.25) is 20.5 Å². The summed E-state index contributed by atoms with van der Waals surface area (Å²) in [5, 5.41) is -0.288. The van der Waals surface area contributed by atoms with Gasteiger partial charge in [0.25, 0.3) is 10.0 Å².